The number of sulfonamides is 1. The fraction of sp³-hybridized carbons (Fsp3) is 0.600. The first-order valence-corrected chi connectivity index (χ1v) is 11.0. The molecule has 1 fully saturated rings. The van der Waals surface area contributed by atoms with E-state index in [9.17, 15) is 23.1 Å². The van der Waals surface area contributed by atoms with Gasteiger partial charge in [0.25, 0.3) is 5.91 Å². The molecule has 1 heterocycles. The van der Waals surface area contributed by atoms with Crippen LogP contribution in [0.3, 0.4) is 0 Å². The summed E-state index contributed by atoms with van der Waals surface area (Å²) in [5, 5.41) is 13.1. The van der Waals surface area contributed by atoms with E-state index in [0.717, 1.165) is 4.31 Å². The van der Waals surface area contributed by atoms with Crippen molar-refractivity contribution in [2.75, 3.05) is 33.7 Å². The Balaban J connectivity index is 2.06. The SMILES string of the molecule is Cc1cc(C(=O)NCC2(O)CN(C(=O)OC(C)(C)C)C2)cc(S(=O)(=O)N(C)C)c1C. The quantitative estimate of drug-likeness (QED) is 0.711. The van der Waals surface area contributed by atoms with Gasteiger partial charge in [-0.15, -0.1) is 0 Å². The molecule has 1 aromatic rings. The van der Waals surface area contributed by atoms with Gasteiger partial charge in [0.2, 0.25) is 10.0 Å². The normalized spacial score (nSPS) is 16.2. The van der Waals surface area contributed by atoms with Crippen molar-refractivity contribution < 1.29 is 27.9 Å². The third-order valence-corrected chi connectivity index (χ3v) is 6.78. The highest BCUT2D eigenvalue weighted by Crippen LogP contribution is 2.25. The summed E-state index contributed by atoms with van der Waals surface area (Å²) in [6.45, 7) is 8.69. The molecule has 2 rings (SSSR count). The van der Waals surface area contributed by atoms with Gasteiger partial charge in [0.05, 0.1) is 24.5 Å². The molecule has 2 amide bonds. The van der Waals surface area contributed by atoms with E-state index in [0.29, 0.717) is 11.1 Å². The number of ether oxygens (including phenoxy) is 1. The lowest BCUT2D eigenvalue weighted by atomic mass is 9.94. The van der Waals surface area contributed by atoms with Crippen molar-refractivity contribution in [3.63, 3.8) is 0 Å². The Hall–Kier alpha value is -2.17. The minimum atomic E-state index is -3.71. The molecular weight excluding hydrogens is 410 g/mol. The van der Waals surface area contributed by atoms with E-state index in [1.165, 1.54) is 25.1 Å². The van der Waals surface area contributed by atoms with Crippen LogP contribution in [0.25, 0.3) is 0 Å². The third-order valence-electron chi connectivity index (χ3n) is 4.84. The van der Waals surface area contributed by atoms with Crippen molar-refractivity contribution >= 4 is 22.0 Å². The maximum atomic E-state index is 12.6. The van der Waals surface area contributed by atoms with Gasteiger partial charge in [-0.05, 0) is 57.9 Å². The zero-order valence-corrected chi connectivity index (χ0v) is 19.4. The van der Waals surface area contributed by atoms with Gasteiger partial charge in [0, 0.05) is 19.7 Å². The van der Waals surface area contributed by atoms with Crippen LogP contribution in [-0.2, 0) is 14.8 Å². The Morgan fingerprint density at radius 3 is 2.30 bits per heavy atom. The molecule has 9 nitrogen and oxygen atoms in total. The molecule has 1 aromatic carbocycles. The van der Waals surface area contributed by atoms with Gasteiger partial charge in [-0.25, -0.2) is 17.5 Å². The number of β-amino-alcohol motifs (C(OH)–C–C–N with tert-alkyl or cyclic N) is 1. The number of amides is 2. The van der Waals surface area contributed by atoms with Crippen LogP contribution in [0.2, 0.25) is 0 Å². The standard InChI is InChI=1S/C20H31N3O6S/c1-13-8-15(9-16(14(13)2)30(27,28)22(6)7)17(24)21-10-20(26)11-23(12-20)18(25)29-19(3,4)5/h8-9,26H,10-12H2,1-7H3,(H,21,24). The van der Waals surface area contributed by atoms with Gasteiger partial charge in [0.15, 0.2) is 0 Å². The van der Waals surface area contributed by atoms with Crippen molar-refractivity contribution in [1.29, 1.82) is 0 Å². The van der Waals surface area contributed by atoms with E-state index in [2.05, 4.69) is 5.32 Å². The molecule has 0 spiro atoms. The van der Waals surface area contributed by atoms with Crippen LogP contribution < -0.4 is 5.32 Å². The van der Waals surface area contributed by atoms with Crippen LogP contribution in [-0.4, -0.2) is 79.7 Å². The van der Waals surface area contributed by atoms with Crippen LogP contribution in [0.1, 0.15) is 42.3 Å². The number of likely N-dealkylation sites (tertiary alicyclic amines) is 1. The molecule has 0 aliphatic carbocycles. The van der Waals surface area contributed by atoms with E-state index in [1.54, 1.807) is 40.7 Å². The van der Waals surface area contributed by atoms with Crippen molar-refractivity contribution in [2.24, 2.45) is 0 Å². The molecule has 0 aromatic heterocycles. The van der Waals surface area contributed by atoms with Crippen LogP contribution in [0.5, 0.6) is 0 Å². The summed E-state index contributed by atoms with van der Waals surface area (Å²) in [4.78, 5) is 26.0. The smallest absolute Gasteiger partial charge is 0.410 e. The molecule has 168 valence electrons. The van der Waals surface area contributed by atoms with Gasteiger partial charge >= 0.3 is 6.09 Å². The van der Waals surface area contributed by atoms with Crippen LogP contribution >= 0.6 is 0 Å². The minimum absolute atomic E-state index is 0.0371. The Labute approximate surface area is 178 Å². The summed E-state index contributed by atoms with van der Waals surface area (Å²) < 4.78 is 31.5. The van der Waals surface area contributed by atoms with Gasteiger partial charge in [-0.2, -0.15) is 0 Å². The largest absolute Gasteiger partial charge is 0.444 e. The molecule has 1 saturated heterocycles. The maximum Gasteiger partial charge on any atom is 0.410 e. The molecule has 10 heteroatoms. The molecule has 30 heavy (non-hydrogen) atoms. The summed E-state index contributed by atoms with van der Waals surface area (Å²) in [5.74, 6) is -0.502. The van der Waals surface area contributed by atoms with E-state index >= 15 is 0 Å². The number of nitrogens with zero attached hydrogens (tertiary/aromatic N) is 2. The lowest BCUT2D eigenvalue weighted by Gasteiger charge is -2.46. The number of aryl methyl sites for hydroxylation is 1. The number of hydrogen-bond donors (Lipinski definition) is 2. The van der Waals surface area contributed by atoms with Crippen LogP contribution in [0.15, 0.2) is 17.0 Å². The van der Waals surface area contributed by atoms with E-state index in [1.807, 2.05) is 0 Å². The van der Waals surface area contributed by atoms with Crippen molar-refractivity contribution in [2.45, 2.75) is 50.7 Å². The number of aliphatic hydroxyl groups is 1. The van der Waals surface area contributed by atoms with Crippen molar-refractivity contribution in [1.82, 2.24) is 14.5 Å². The van der Waals surface area contributed by atoms with E-state index < -0.39 is 33.2 Å². The second kappa shape index (κ2) is 8.16. The number of nitrogens with one attached hydrogen (secondary N) is 1. The summed E-state index contributed by atoms with van der Waals surface area (Å²) in [7, 11) is -0.849. The van der Waals surface area contributed by atoms with Gasteiger partial charge in [0.1, 0.15) is 11.2 Å². The number of hydrogen-bond acceptors (Lipinski definition) is 6. The molecule has 0 bridgehead atoms. The first-order valence-electron chi connectivity index (χ1n) is 9.58. The second-order valence-corrected chi connectivity index (χ2v) is 11.1. The number of benzene rings is 1. The molecule has 0 radical (unpaired) electrons. The average molecular weight is 442 g/mol. The predicted molar refractivity (Wildman–Crippen MR) is 112 cm³/mol. The summed E-state index contributed by atoms with van der Waals surface area (Å²) >= 11 is 0. The zero-order valence-electron chi connectivity index (χ0n) is 18.6. The lowest BCUT2D eigenvalue weighted by Crippen LogP contribution is -2.68. The fourth-order valence-electron chi connectivity index (χ4n) is 3.00. The van der Waals surface area contributed by atoms with Gasteiger partial charge in [-0.3, -0.25) is 4.79 Å². The average Bonchev–Trinajstić information content (AvgIpc) is 2.57. The highest BCUT2D eigenvalue weighted by molar-refractivity contribution is 7.89. The number of rotatable bonds is 5. The Kier molecular flexibility index (Phi) is 6.56. The van der Waals surface area contributed by atoms with E-state index in [4.69, 9.17) is 4.74 Å². The predicted octanol–water partition coefficient (Wildman–Crippen LogP) is 1.27. The van der Waals surface area contributed by atoms with Gasteiger partial charge < -0.3 is 20.1 Å². The topological polar surface area (TPSA) is 116 Å². The molecule has 0 saturated carbocycles. The second-order valence-electron chi connectivity index (χ2n) is 8.95. The Bertz CT molecular complexity index is 944. The fourth-order valence-corrected chi connectivity index (χ4v) is 4.22. The summed E-state index contributed by atoms with van der Waals surface area (Å²) in [5.41, 5.74) is -0.463. The van der Waals surface area contributed by atoms with Crippen molar-refractivity contribution in [3.8, 4) is 0 Å². The van der Waals surface area contributed by atoms with Gasteiger partial charge in [-0.1, -0.05) is 0 Å². The molecule has 0 atom stereocenters. The molecule has 1 aliphatic rings. The van der Waals surface area contributed by atoms with Crippen molar-refractivity contribution in [3.05, 3.63) is 28.8 Å². The van der Waals surface area contributed by atoms with Crippen LogP contribution in [0, 0.1) is 13.8 Å². The number of carbonyl (C=O) groups excluding carboxylic acids is 2. The molecular formula is C20H31N3O6S. The summed E-state index contributed by atoms with van der Waals surface area (Å²) in [6.07, 6.45) is -0.522. The molecule has 2 N–H and O–H groups in total. The molecule has 0 unspecified atom stereocenters. The van der Waals surface area contributed by atoms with E-state index in [-0.39, 0.29) is 30.1 Å². The first kappa shape index (κ1) is 24.1. The summed E-state index contributed by atoms with van der Waals surface area (Å²) in [6, 6.07) is 2.95. The van der Waals surface area contributed by atoms with Crippen LogP contribution in [0.4, 0.5) is 4.79 Å². The Morgan fingerprint density at radius 2 is 1.80 bits per heavy atom. The highest BCUT2D eigenvalue weighted by atomic mass is 32.2. The molecule has 1 aliphatic heterocycles. The zero-order chi connectivity index (χ0) is 23.1. The monoisotopic (exact) mass is 441 g/mol. The Morgan fingerprint density at radius 1 is 1.23 bits per heavy atom. The first-order chi connectivity index (χ1) is 13.6. The maximum absolute atomic E-state index is 12.6. The highest BCUT2D eigenvalue weighted by Gasteiger charge is 2.45. The lowest BCUT2D eigenvalue weighted by molar-refractivity contribution is -0.0948. The minimum Gasteiger partial charge on any atom is -0.444 e. The third kappa shape index (κ3) is 5.30. The number of carbonyl (C=O) groups is 2.